The molecule has 0 spiro atoms. The third-order valence-corrected chi connectivity index (χ3v) is 3.93. The fourth-order valence-electron chi connectivity index (χ4n) is 2.58. The van der Waals surface area contributed by atoms with E-state index in [1.165, 1.54) is 25.0 Å². The topological polar surface area (TPSA) is 24.1 Å². The van der Waals surface area contributed by atoms with Crippen LogP contribution in [0.3, 0.4) is 0 Å². The molecule has 1 fully saturated rings. The summed E-state index contributed by atoms with van der Waals surface area (Å²) in [5.74, 6) is -0.211. The Morgan fingerprint density at radius 3 is 2.63 bits per heavy atom. The maximum atomic E-state index is 12.8. The van der Waals surface area contributed by atoms with Gasteiger partial charge in [-0.3, -0.25) is 0 Å². The maximum absolute atomic E-state index is 12.8. The Kier molecular flexibility index (Phi) is 4.40. The van der Waals surface area contributed by atoms with E-state index < -0.39 is 0 Å². The molecule has 0 saturated heterocycles. The highest BCUT2D eigenvalue weighted by Crippen LogP contribution is 2.36. The van der Waals surface area contributed by atoms with Crippen LogP contribution in [-0.4, -0.2) is 11.2 Å². The molecule has 104 valence electrons. The number of thiocarbonyl (C=S) groups is 1. The Hall–Kier alpha value is -1.16. The Labute approximate surface area is 119 Å². The average molecular weight is 280 g/mol. The van der Waals surface area contributed by atoms with Gasteiger partial charge in [0.1, 0.15) is 5.82 Å². The van der Waals surface area contributed by atoms with E-state index in [2.05, 4.69) is 24.5 Å². The lowest BCUT2D eigenvalue weighted by Crippen LogP contribution is -2.40. The van der Waals surface area contributed by atoms with Gasteiger partial charge in [0.2, 0.25) is 0 Å². The molecule has 0 heterocycles. The van der Waals surface area contributed by atoms with E-state index in [0.29, 0.717) is 23.1 Å². The van der Waals surface area contributed by atoms with Crippen molar-refractivity contribution in [3.63, 3.8) is 0 Å². The predicted molar refractivity (Wildman–Crippen MR) is 80.4 cm³/mol. The van der Waals surface area contributed by atoms with Crippen molar-refractivity contribution in [2.24, 2.45) is 5.41 Å². The van der Waals surface area contributed by atoms with Crippen LogP contribution in [-0.2, 0) is 6.54 Å². The van der Waals surface area contributed by atoms with E-state index in [0.717, 1.165) is 12.0 Å². The van der Waals surface area contributed by atoms with Gasteiger partial charge in [0.15, 0.2) is 5.11 Å². The zero-order valence-electron chi connectivity index (χ0n) is 11.5. The van der Waals surface area contributed by atoms with Crippen LogP contribution in [0.25, 0.3) is 0 Å². The van der Waals surface area contributed by atoms with Crippen LogP contribution in [0.1, 0.15) is 38.7 Å². The van der Waals surface area contributed by atoms with Crippen LogP contribution in [0.5, 0.6) is 0 Å². The first-order valence-corrected chi connectivity index (χ1v) is 7.14. The average Bonchev–Trinajstić information content (AvgIpc) is 2.68. The van der Waals surface area contributed by atoms with Crippen molar-refractivity contribution < 1.29 is 4.39 Å². The highest BCUT2D eigenvalue weighted by atomic mass is 32.1. The van der Waals surface area contributed by atoms with Crippen molar-refractivity contribution in [3.8, 4) is 0 Å². The minimum absolute atomic E-state index is 0.211. The SMILES string of the molecule is CC1(C)CCC(NC(=S)NCc2ccc(F)cc2)C1. The largest absolute Gasteiger partial charge is 0.360 e. The van der Waals surface area contributed by atoms with E-state index in [1.807, 2.05) is 0 Å². The normalized spacial score (nSPS) is 21.1. The standard InChI is InChI=1S/C15H21FN2S/c1-15(2)8-7-13(9-15)18-14(19)17-10-11-3-5-12(16)6-4-11/h3-6,13H,7-10H2,1-2H3,(H2,17,18,19). The summed E-state index contributed by atoms with van der Waals surface area (Å²) in [7, 11) is 0. The zero-order chi connectivity index (χ0) is 13.9. The monoisotopic (exact) mass is 280 g/mol. The predicted octanol–water partition coefficient (Wildman–Crippen LogP) is 3.37. The molecule has 0 amide bonds. The summed E-state index contributed by atoms with van der Waals surface area (Å²) < 4.78 is 12.8. The van der Waals surface area contributed by atoms with Crippen LogP contribution in [0, 0.1) is 11.2 Å². The molecule has 19 heavy (non-hydrogen) atoms. The minimum atomic E-state index is -0.211. The highest BCUT2D eigenvalue weighted by molar-refractivity contribution is 7.80. The van der Waals surface area contributed by atoms with Gasteiger partial charge < -0.3 is 10.6 Å². The summed E-state index contributed by atoms with van der Waals surface area (Å²) in [4.78, 5) is 0. The molecule has 4 heteroatoms. The smallest absolute Gasteiger partial charge is 0.166 e. The van der Waals surface area contributed by atoms with E-state index >= 15 is 0 Å². The van der Waals surface area contributed by atoms with Crippen molar-refractivity contribution in [2.45, 2.75) is 45.7 Å². The number of rotatable bonds is 3. The van der Waals surface area contributed by atoms with Gasteiger partial charge in [0.05, 0.1) is 0 Å². The number of hydrogen-bond donors (Lipinski definition) is 2. The maximum Gasteiger partial charge on any atom is 0.166 e. The van der Waals surface area contributed by atoms with Crippen LogP contribution < -0.4 is 10.6 Å². The lowest BCUT2D eigenvalue weighted by molar-refractivity contribution is 0.372. The molecule has 0 aliphatic heterocycles. The molecule has 1 aromatic rings. The first kappa shape index (κ1) is 14.3. The molecule has 2 nitrogen and oxygen atoms in total. The van der Waals surface area contributed by atoms with E-state index in [4.69, 9.17) is 12.2 Å². The summed E-state index contributed by atoms with van der Waals surface area (Å²) in [6.45, 7) is 5.22. The molecule has 0 radical (unpaired) electrons. The number of benzene rings is 1. The second-order valence-corrected chi connectivity index (χ2v) is 6.47. The van der Waals surface area contributed by atoms with E-state index in [1.54, 1.807) is 12.1 Å². The molecule has 0 aromatic heterocycles. The number of halogens is 1. The summed E-state index contributed by atoms with van der Waals surface area (Å²) in [5, 5.41) is 7.22. The molecule has 1 aliphatic carbocycles. The first-order chi connectivity index (χ1) is 8.94. The van der Waals surface area contributed by atoms with E-state index in [-0.39, 0.29) is 5.82 Å². The summed E-state index contributed by atoms with van der Waals surface area (Å²) in [5.41, 5.74) is 1.45. The van der Waals surface area contributed by atoms with Gasteiger partial charge in [-0.15, -0.1) is 0 Å². The molecule has 1 atom stereocenters. The molecular formula is C15H21FN2S. The third kappa shape index (κ3) is 4.46. The fraction of sp³-hybridized carbons (Fsp3) is 0.533. The second kappa shape index (κ2) is 5.87. The Morgan fingerprint density at radius 1 is 1.37 bits per heavy atom. The fourth-order valence-corrected chi connectivity index (χ4v) is 2.82. The summed E-state index contributed by atoms with van der Waals surface area (Å²) >= 11 is 5.29. The summed E-state index contributed by atoms with van der Waals surface area (Å²) in [6, 6.07) is 6.94. The van der Waals surface area contributed by atoms with Gasteiger partial charge in [-0.25, -0.2) is 4.39 Å². The lowest BCUT2D eigenvalue weighted by Gasteiger charge is -2.19. The zero-order valence-corrected chi connectivity index (χ0v) is 12.3. The Balaban J connectivity index is 1.74. The molecule has 0 bridgehead atoms. The van der Waals surface area contributed by atoms with Crippen molar-refractivity contribution in [3.05, 3.63) is 35.6 Å². The van der Waals surface area contributed by atoms with Crippen LogP contribution >= 0.6 is 12.2 Å². The number of nitrogens with one attached hydrogen (secondary N) is 2. The molecule has 2 rings (SSSR count). The lowest BCUT2D eigenvalue weighted by atomic mass is 9.92. The van der Waals surface area contributed by atoms with Gasteiger partial charge in [0.25, 0.3) is 0 Å². The number of hydrogen-bond acceptors (Lipinski definition) is 1. The van der Waals surface area contributed by atoms with Gasteiger partial charge in [-0.1, -0.05) is 26.0 Å². The van der Waals surface area contributed by atoms with Gasteiger partial charge >= 0.3 is 0 Å². The third-order valence-electron chi connectivity index (χ3n) is 3.67. The minimum Gasteiger partial charge on any atom is -0.360 e. The van der Waals surface area contributed by atoms with Crippen LogP contribution in [0.15, 0.2) is 24.3 Å². The second-order valence-electron chi connectivity index (χ2n) is 6.06. The molecule has 1 aliphatic rings. The molecule has 2 N–H and O–H groups in total. The molecular weight excluding hydrogens is 259 g/mol. The Bertz CT molecular complexity index is 442. The molecule has 1 aromatic carbocycles. The van der Waals surface area contributed by atoms with Gasteiger partial charge in [0, 0.05) is 12.6 Å². The van der Waals surface area contributed by atoms with Crippen molar-refractivity contribution in [1.29, 1.82) is 0 Å². The summed E-state index contributed by atoms with van der Waals surface area (Å²) in [6.07, 6.45) is 3.57. The van der Waals surface area contributed by atoms with Gasteiger partial charge in [-0.2, -0.15) is 0 Å². The van der Waals surface area contributed by atoms with Gasteiger partial charge in [-0.05, 0) is 54.6 Å². The first-order valence-electron chi connectivity index (χ1n) is 6.73. The quantitative estimate of drug-likeness (QED) is 0.830. The van der Waals surface area contributed by atoms with Crippen molar-refractivity contribution >= 4 is 17.3 Å². The van der Waals surface area contributed by atoms with Crippen molar-refractivity contribution in [2.75, 3.05) is 0 Å². The van der Waals surface area contributed by atoms with Crippen LogP contribution in [0.2, 0.25) is 0 Å². The van der Waals surface area contributed by atoms with E-state index in [9.17, 15) is 4.39 Å². The Morgan fingerprint density at radius 2 is 2.05 bits per heavy atom. The highest BCUT2D eigenvalue weighted by Gasteiger charge is 2.30. The molecule has 1 saturated carbocycles. The molecule has 1 unspecified atom stereocenters. The van der Waals surface area contributed by atoms with Crippen molar-refractivity contribution in [1.82, 2.24) is 10.6 Å². The van der Waals surface area contributed by atoms with Crippen LogP contribution in [0.4, 0.5) is 4.39 Å².